The van der Waals surface area contributed by atoms with E-state index >= 15 is 0 Å². The molecule has 1 heterocycles. The molecule has 0 N–H and O–H groups in total. The average Bonchev–Trinajstić information content (AvgIpc) is 2.87. The second-order valence-electron chi connectivity index (χ2n) is 8.86. The summed E-state index contributed by atoms with van der Waals surface area (Å²) >= 11 is -0.285. The molecule has 0 unspecified atom stereocenters. The summed E-state index contributed by atoms with van der Waals surface area (Å²) in [5.41, 5.74) is 0.291. The molecule has 0 saturated carbocycles. The molecule has 0 fully saturated rings. The van der Waals surface area contributed by atoms with Crippen LogP contribution < -0.4 is 8.92 Å². The number of hydrogen-bond donors (Lipinski definition) is 0. The molecular weight excluding hydrogens is 595 g/mol. The summed E-state index contributed by atoms with van der Waals surface area (Å²) in [6, 6.07) is 25.4. The van der Waals surface area contributed by atoms with Crippen LogP contribution in [0.15, 0.2) is 102 Å². The monoisotopic (exact) mass is 620 g/mol. The predicted octanol–water partition coefficient (Wildman–Crippen LogP) is 4.81. The molecule has 5 rings (SSSR count). The van der Waals surface area contributed by atoms with Crippen LogP contribution in [0.25, 0.3) is 5.57 Å². The van der Waals surface area contributed by atoms with Gasteiger partial charge in [0, 0.05) is 0 Å². The molecule has 3 aromatic carbocycles. The Balaban J connectivity index is 1.65. The number of ether oxygens (including phenoxy) is 1. The summed E-state index contributed by atoms with van der Waals surface area (Å²) in [5.74, 6) is -0.246. The van der Waals surface area contributed by atoms with E-state index in [0.29, 0.717) is 6.61 Å². The van der Waals surface area contributed by atoms with E-state index in [2.05, 4.69) is 12.1 Å². The van der Waals surface area contributed by atoms with E-state index in [1.807, 2.05) is 61.5 Å². The maximum atomic E-state index is 13.3. The van der Waals surface area contributed by atoms with Crippen molar-refractivity contribution in [2.24, 2.45) is 5.92 Å². The third-order valence-corrected chi connectivity index (χ3v) is 11.4. The van der Waals surface area contributed by atoms with Crippen LogP contribution in [0.5, 0.6) is 0 Å². The molecule has 0 radical (unpaired) electrons. The van der Waals surface area contributed by atoms with Crippen molar-refractivity contribution in [3.8, 4) is 0 Å². The molecular formula is C29H23F3O2Se2. The number of ketones is 1. The number of hydrogen-bond acceptors (Lipinski definition) is 2. The fourth-order valence-electron chi connectivity index (χ4n) is 4.63. The average molecular weight is 618 g/mol. The third kappa shape index (κ3) is 5.18. The molecule has 2 nitrogen and oxygen atoms in total. The minimum absolute atomic E-state index is 0.0443. The van der Waals surface area contributed by atoms with Crippen LogP contribution in [0.2, 0.25) is 4.82 Å². The van der Waals surface area contributed by atoms with Gasteiger partial charge in [-0.15, -0.1) is 0 Å². The molecule has 36 heavy (non-hydrogen) atoms. The zero-order chi connectivity index (χ0) is 25.3. The Morgan fingerprint density at radius 3 is 2.11 bits per heavy atom. The first-order valence-electron chi connectivity index (χ1n) is 11.5. The summed E-state index contributed by atoms with van der Waals surface area (Å²) < 4.78 is 49.8. The molecule has 3 atom stereocenters. The summed E-state index contributed by atoms with van der Waals surface area (Å²) in [5, 5.41) is 0. The van der Waals surface area contributed by atoms with Gasteiger partial charge in [-0.2, -0.15) is 0 Å². The first-order chi connectivity index (χ1) is 17.2. The second-order valence-corrected chi connectivity index (χ2v) is 13.9. The molecule has 0 aromatic heterocycles. The molecule has 7 heteroatoms. The SMILES string of the molecule is C[C@]12C=CC(=O)[C@@H]([Se]c3ccccc3)[C@H]1C(c1ccc(C(F)(F)F)cc1)=C([Se]c1ccccc1)CO2. The van der Waals surface area contributed by atoms with Gasteiger partial charge in [-0.25, -0.2) is 0 Å². The van der Waals surface area contributed by atoms with Crippen molar-refractivity contribution in [1.29, 1.82) is 0 Å². The van der Waals surface area contributed by atoms with Crippen LogP contribution in [0.3, 0.4) is 0 Å². The maximum absolute atomic E-state index is 13.3. The molecule has 0 saturated heterocycles. The van der Waals surface area contributed by atoms with Crippen molar-refractivity contribution in [2.45, 2.75) is 23.5 Å². The number of fused-ring (bicyclic) bond motifs is 1. The Bertz CT molecular complexity index is 1300. The Morgan fingerprint density at radius 1 is 0.889 bits per heavy atom. The quantitative estimate of drug-likeness (QED) is 0.384. The minimum atomic E-state index is -4.41. The molecule has 1 aliphatic heterocycles. The first kappa shape index (κ1) is 25.3. The zero-order valence-electron chi connectivity index (χ0n) is 19.4. The van der Waals surface area contributed by atoms with Crippen molar-refractivity contribution in [3.63, 3.8) is 0 Å². The molecule has 0 bridgehead atoms. The van der Waals surface area contributed by atoms with Crippen molar-refractivity contribution in [1.82, 2.24) is 0 Å². The van der Waals surface area contributed by atoms with E-state index in [-0.39, 0.29) is 46.4 Å². The number of alkyl halides is 3. The Labute approximate surface area is 221 Å². The second kappa shape index (κ2) is 10.2. The number of carbonyl (C=O) groups is 1. The van der Waals surface area contributed by atoms with E-state index in [4.69, 9.17) is 4.74 Å². The van der Waals surface area contributed by atoms with Gasteiger partial charge in [0.1, 0.15) is 0 Å². The predicted molar refractivity (Wildman–Crippen MR) is 138 cm³/mol. The van der Waals surface area contributed by atoms with Gasteiger partial charge in [-0.1, -0.05) is 0 Å². The molecule has 184 valence electrons. The van der Waals surface area contributed by atoms with E-state index in [9.17, 15) is 18.0 Å². The van der Waals surface area contributed by atoms with E-state index in [1.54, 1.807) is 18.2 Å². The van der Waals surface area contributed by atoms with Gasteiger partial charge < -0.3 is 0 Å². The van der Waals surface area contributed by atoms with Crippen molar-refractivity contribution in [3.05, 3.63) is 113 Å². The van der Waals surface area contributed by atoms with Crippen LogP contribution >= 0.6 is 0 Å². The topological polar surface area (TPSA) is 26.3 Å². The number of halogens is 3. The Morgan fingerprint density at radius 2 is 1.50 bits per heavy atom. The van der Waals surface area contributed by atoms with E-state index in [1.165, 1.54) is 0 Å². The van der Waals surface area contributed by atoms with Gasteiger partial charge in [0.15, 0.2) is 0 Å². The Hall–Kier alpha value is -2.40. The summed E-state index contributed by atoms with van der Waals surface area (Å²) in [6.45, 7) is 2.37. The van der Waals surface area contributed by atoms with Crippen molar-refractivity contribution >= 4 is 50.2 Å². The van der Waals surface area contributed by atoms with Gasteiger partial charge in [0.05, 0.1) is 0 Å². The summed E-state index contributed by atoms with van der Waals surface area (Å²) in [4.78, 5) is 13.0. The summed E-state index contributed by atoms with van der Waals surface area (Å²) in [6.07, 6.45) is -0.937. The standard InChI is InChI=1S/C29H23F3O2Se2/c1-28-17-16-23(33)27(36-22-10-6-3-7-11-22)26(28)25(19-12-14-20(15-13-19)29(30,31)32)24(18-34-28)35-21-8-4-2-5-9-21/h2-17,26-27H,18H2,1H3/t26-,27-,28+/m1/s1. The molecule has 0 amide bonds. The van der Waals surface area contributed by atoms with Gasteiger partial charge in [-0.05, 0) is 0 Å². The molecule has 0 spiro atoms. The first-order valence-corrected chi connectivity index (χ1v) is 15.0. The van der Waals surface area contributed by atoms with Crippen molar-refractivity contribution < 1.29 is 22.7 Å². The number of carbonyl (C=O) groups excluding carboxylic acids is 1. The number of allylic oxidation sites excluding steroid dienone is 1. The normalized spacial score (nSPS) is 24.1. The fourth-order valence-corrected chi connectivity index (χ4v) is 9.65. The van der Waals surface area contributed by atoms with Gasteiger partial charge in [0.2, 0.25) is 0 Å². The van der Waals surface area contributed by atoms with Crippen LogP contribution in [-0.2, 0) is 15.7 Å². The molecule has 2 aliphatic rings. The van der Waals surface area contributed by atoms with Crippen LogP contribution in [0.4, 0.5) is 13.2 Å². The van der Waals surface area contributed by atoms with Crippen LogP contribution in [0, 0.1) is 5.92 Å². The zero-order valence-corrected chi connectivity index (χ0v) is 22.8. The van der Waals surface area contributed by atoms with Crippen LogP contribution in [-0.4, -0.2) is 47.9 Å². The van der Waals surface area contributed by atoms with Gasteiger partial charge >= 0.3 is 222 Å². The van der Waals surface area contributed by atoms with E-state index in [0.717, 1.165) is 36.7 Å². The molecule has 1 aliphatic carbocycles. The Kier molecular flexibility index (Phi) is 7.13. The third-order valence-electron chi connectivity index (χ3n) is 6.42. The van der Waals surface area contributed by atoms with E-state index < -0.39 is 17.3 Å². The van der Waals surface area contributed by atoms with Gasteiger partial charge in [-0.3, -0.25) is 0 Å². The fraction of sp³-hybridized carbons (Fsp3) is 0.207. The molecule has 3 aromatic rings. The summed E-state index contributed by atoms with van der Waals surface area (Å²) in [7, 11) is 0. The number of rotatable bonds is 5. The van der Waals surface area contributed by atoms with Crippen LogP contribution in [0.1, 0.15) is 18.1 Å². The van der Waals surface area contributed by atoms with Gasteiger partial charge in [0.25, 0.3) is 0 Å². The number of benzene rings is 3. The van der Waals surface area contributed by atoms with Crippen molar-refractivity contribution in [2.75, 3.05) is 6.61 Å².